The highest BCUT2D eigenvalue weighted by atomic mass is 32.2. The number of pyridine rings is 1. The highest BCUT2D eigenvalue weighted by Gasteiger charge is 2.51. The van der Waals surface area contributed by atoms with Gasteiger partial charge in [0, 0.05) is 37.9 Å². The minimum Gasteiger partial charge on any atom is -0.475 e. The Labute approximate surface area is 169 Å². The number of halogens is 4. The van der Waals surface area contributed by atoms with Gasteiger partial charge in [0.15, 0.2) is 5.82 Å². The topological polar surface area (TPSA) is 79.7 Å². The second-order valence-electron chi connectivity index (χ2n) is 6.88. The first-order valence-electron chi connectivity index (χ1n) is 9.05. The summed E-state index contributed by atoms with van der Waals surface area (Å²) in [7, 11) is 0. The predicted octanol–water partition coefficient (Wildman–Crippen LogP) is 3.51. The lowest BCUT2D eigenvalue weighted by atomic mass is 9.92. The van der Waals surface area contributed by atoms with Gasteiger partial charge in [0.1, 0.15) is 6.10 Å². The van der Waals surface area contributed by atoms with Crippen LogP contribution >= 0.6 is 11.8 Å². The number of hydrogen-bond acceptors (Lipinski definition) is 5. The molecule has 1 amide bonds. The van der Waals surface area contributed by atoms with Gasteiger partial charge >= 0.3 is 12.1 Å². The smallest absolute Gasteiger partial charge is 0.475 e. The summed E-state index contributed by atoms with van der Waals surface area (Å²) in [6.45, 7) is 3.69. The standard InChI is InChI=1S/C16H21FN2O2S.C2HF3O2/c1-2-3-6-14(20)19-10-16(11-19)8-12(9-22-16)21-15-13(17)5-4-7-18-15;3-2(4,5)1(6)7/h4-5,7,12H,2-3,6,8-11H2,1H3;(H,6,7). The van der Waals surface area contributed by atoms with E-state index in [-0.39, 0.29) is 22.6 Å². The number of alkyl halides is 3. The molecule has 2 saturated heterocycles. The Hall–Kier alpha value is -2.04. The molecule has 1 aromatic rings. The van der Waals surface area contributed by atoms with E-state index >= 15 is 0 Å². The third kappa shape index (κ3) is 6.48. The Balaban J connectivity index is 0.000000370. The number of carbonyl (C=O) groups is 2. The zero-order valence-electron chi connectivity index (χ0n) is 15.7. The molecule has 6 nitrogen and oxygen atoms in total. The van der Waals surface area contributed by atoms with Crippen LogP contribution in [0.5, 0.6) is 5.88 Å². The minimum atomic E-state index is -5.08. The fourth-order valence-corrected chi connectivity index (χ4v) is 4.55. The van der Waals surface area contributed by atoms with E-state index in [2.05, 4.69) is 11.9 Å². The molecule has 2 fully saturated rings. The summed E-state index contributed by atoms with van der Waals surface area (Å²) in [6.07, 6.45) is -0.0668. The summed E-state index contributed by atoms with van der Waals surface area (Å²) in [4.78, 5) is 26.7. The van der Waals surface area contributed by atoms with E-state index < -0.39 is 18.0 Å². The van der Waals surface area contributed by atoms with Gasteiger partial charge in [-0.25, -0.2) is 14.2 Å². The number of carboxylic acids is 1. The van der Waals surface area contributed by atoms with Gasteiger partial charge in [-0.05, 0) is 18.6 Å². The summed E-state index contributed by atoms with van der Waals surface area (Å²) in [6, 6.07) is 2.91. The molecule has 3 rings (SSSR count). The van der Waals surface area contributed by atoms with Gasteiger partial charge in [-0.2, -0.15) is 13.2 Å². The van der Waals surface area contributed by atoms with Crippen molar-refractivity contribution in [1.29, 1.82) is 0 Å². The summed E-state index contributed by atoms with van der Waals surface area (Å²) in [5.41, 5.74) is 0. The zero-order valence-corrected chi connectivity index (χ0v) is 16.6. The lowest BCUT2D eigenvalue weighted by Gasteiger charge is -2.47. The molecule has 0 bridgehead atoms. The van der Waals surface area contributed by atoms with Gasteiger partial charge in [0.05, 0.1) is 4.75 Å². The number of likely N-dealkylation sites (tertiary alicyclic amines) is 1. The number of rotatable bonds is 5. The van der Waals surface area contributed by atoms with Gasteiger partial charge in [0.25, 0.3) is 5.88 Å². The number of nitrogens with zero attached hydrogens (tertiary/aromatic N) is 2. The van der Waals surface area contributed by atoms with E-state index in [1.54, 1.807) is 6.07 Å². The monoisotopic (exact) mass is 438 g/mol. The highest BCUT2D eigenvalue weighted by Crippen LogP contribution is 2.46. The predicted molar refractivity (Wildman–Crippen MR) is 98.2 cm³/mol. The van der Waals surface area contributed by atoms with Crippen molar-refractivity contribution < 1.29 is 37.0 Å². The number of unbranched alkanes of at least 4 members (excludes halogenated alkanes) is 1. The van der Waals surface area contributed by atoms with Crippen LogP contribution in [0.1, 0.15) is 32.6 Å². The Bertz CT molecular complexity index is 726. The molecular weight excluding hydrogens is 416 g/mol. The van der Waals surface area contributed by atoms with E-state index in [4.69, 9.17) is 14.6 Å². The molecule has 3 heterocycles. The quantitative estimate of drug-likeness (QED) is 0.709. The maximum atomic E-state index is 13.6. The lowest BCUT2D eigenvalue weighted by molar-refractivity contribution is -0.192. The van der Waals surface area contributed by atoms with Gasteiger partial charge in [-0.15, -0.1) is 11.8 Å². The van der Waals surface area contributed by atoms with Crippen molar-refractivity contribution >= 4 is 23.6 Å². The molecule has 0 radical (unpaired) electrons. The zero-order chi connectivity index (χ0) is 21.7. The first-order chi connectivity index (χ1) is 13.6. The molecule has 0 aliphatic carbocycles. The van der Waals surface area contributed by atoms with E-state index in [0.29, 0.717) is 6.42 Å². The van der Waals surface area contributed by atoms with Crippen molar-refractivity contribution in [3.05, 3.63) is 24.1 Å². The molecule has 162 valence electrons. The van der Waals surface area contributed by atoms with Crippen molar-refractivity contribution in [2.24, 2.45) is 0 Å². The number of thioether (sulfide) groups is 1. The first kappa shape index (κ1) is 23.2. The number of aromatic nitrogens is 1. The van der Waals surface area contributed by atoms with Crippen LogP contribution < -0.4 is 4.74 Å². The second-order valence-corrected chi connectivity index (χ2v) is 8.37. The fourth-order valence-electron chi connectivity index (χ4n) is 3.03. The van der Waals surface area contributed by atoms with Crippen LogP contribution in [-0.4, -0.2) is 62.7 Å². The van der Waals surface area contributed by atoms with Crippen LogP contribution in [0, 0.1) is 5.82 Å². The molecule has 0 aromatic carbocycles. The van der Waals surface area contributed by atoms with Gasteiger partial charge in [-0.3, -0.25) is 4.79 Å². The highest BCUT2D eigenvalue weighted by molar-refractivity contribution is 8.01. The summed E-state index contributed by atoms with van der Waals surface area (Å²) < 4.78 is 51.1. The lowest BCUT2D eigenvalue weighted by Crippen LogP contribution is -2.60. The van der Waals surface area contributed by atoms with Crippen LogP contribution in [0.3, 0.4) is 0 Å². The maximum absolute atomic E-state index is 13.6. The number of aliphatic carboxylic acids is 1. The molecule has 1 spiro atoms. The number of ether oxygens (including phenoxy) is 1. The van der Waals surface area contributed by atoms with Crippen LogP contribution in [0.4, 0.5) is 17.6 Å². The van der Waals surface area contributed by atoms with E-state index in [0.717, 1.165) is 38.1 Å². The van der Waals surface area contributed by atoms with E-state index in [9.17, 15) is 22.4 Å². The fraction of sp³-hybridized carbons (Fsp3) is 0.611. The van der Waals surface area contributed by atoms with Gasteiger partial charge in [0.2, 0.25) is 5.91 Å². The Morgan fingerprint density at radius 1 is 1.41 bits per heavy atom. The normalized spacial score (nSPS) is 19.9. The van der Waals surface area contributed by atoms with E-state index in [1.807, 2.05) is 16.7 Å². The van der Waals surface area contributed by atoms with Crippen LogP contribution in [0.15, 0.2) is 18.3 Å². The summed E-state index contributed by atoms with van der Waals surface area (Å²) in [5, 5.41) is 7.12. The summed E-state index contributed by atoms with van der Waals surface area (Å²) in [5.74, 6) is -2.01. The Morgan fingerprint density at radius 3 is 2.62 bits per heavy atom. The van der Waals surface area contributed by atoms with Crippen LogP contribution in [-0.2, 0) is 9.59 Å². The number of hydrogen-bond donors (Lipinski definition) is 1. The SMILES string of the molecule is CCCCC(=O)N1CC2(CC(Oc3ncccc3F)CS2)C1.O=C(O)C(F)(F)F. The molecular formula is C18H22F4N2O4S. The Morgan fingerprint density at radius 2 is 2.07 bits per heavy atom. The molecule has 1 atom stereocenters. The summed E-state index contributed by atoms with van der Waals surface area (Å²) >= 11 is 1.84. The molecule has 2 aliphatic heterocycles. The van der Waals surface area contributed by atoms with Crippen molar-refractivity contribution in [3.63, 3.8) is 0 Å². The van der Waals surface area contributed by atoms with Crippen molar-refractivity contribution in [2.75, 3.05) is 18.8 Å². The molecule has 1 aromatic heterocycles. The van der Waals surface area contributed by atoms with Crippen LogP contribution in [0.2, 0.25) is 0 Å². The van der Waals surface area contributed by atoms with Gasteiger partial charge in [-0.1, -0.05) is 13.3 Å². The van der Waals surface area contributed by atoms with Crippen molar-refractivity contribution in [2.45, 2.75) is 49.6 Å². The molecule has 11 heteroatoms. The van der Waals surface area contributed by atoms with Gasteiger partial charge < -0.3 is 14.7 Å². The average molecular weight is 438 g/mol. The largest absolute Gasteiger partial charge is 0.490 e. The number of amides is 1. The molecule has 1 unspecified atom stereocenters. The third-order valence-electron chi connectivity index (χ3n) is 4.48. The van der Waals surface area contributed by atoms with E-state index in [1.165, 1.54) is 12.3 Å². The molecule has 1 N–H and O–H groups in total. The molecule has 29 heavy (non-hydrogen) atoms. The number of carbonyl (C=O) groups excluding carboxylic acids is 1. The molecule has 0 saturated carbocycles. The average Bonchev–Trinajstić information content (AvgIpc) is 3.04. The third-order valence-corrected chi connectivity index (χ3v) is 6.05. The van der Waals surface area contributed by atoms with Crippen molar-refractivity contribution in [1.82, 2.24) is 9.88 Å². The maximum Gasteiger partial charge on any atom is 0.490 e. The van der Waals surface area contributed by atoms with Crippen LogP contribution in [0.25, 0.3) is 0 Å². The van der Waals surface area contributed by atoms with Crippen molar-refractivity contribution in [3.8, 4) is 5.88 Å². The second kappa shape index (κ2) is 9.64. The number of carboxylic acid groups (broad SMARTS) is 1. The first-order valence-corrected chi connectivity index (χ1v) is 10.0. The molecule has 2 aliphatic rings. The minimum absolute atomic E-state index is 0.0257. The Kier molecular flexibility index (Phi) is 7.73.